The maximum atomic E-state index is 4.13. The second kappa shape index (κ2) is 3.89. The molecule has 0 bridgehead atoms. The van der Waals surface area contributed by atoms with Gasteiger partial charge in [-0.05, 0) is 6.92 Å². The fourth-order valence-corrected chi connectivity index (χ4v) is 1.61. The molecule has 0 saturated carbocycles. The largest absolute Gasteiger partial charge is 0.321 e. The predicted molar refractivity (Wildman–Crippen MR) is 51.1 cm³/mol. The standard InChI is InChI=1S/C9H15N4/c1-9(13-7-4-11-8-13)12-5-2-10-3-6-12/h4,7-10H,1-3,5-6H2. The van der Waals surface area contributed by atoms with Crippen molar-refractivity contribution < 1.29 is 0 Å². The number of aromatic nitrogens is 2. The van der Waals surface area contributed by atoms with Gasteiger partial charge in [0.2, 0.25) is 0 Å². The third kappa shape index (κ3) is 1.89. The molecule has 13 heavy (non-hydrogen) atoms. The lowest BCUT2D eigenvalue weighted by molar-refractivity contribution is 0.154. The van der Waals surface area contributed by atoms with E-state index in [0.717, 1.165) is 26.2 Å². The van der Waals surface area contributed by atoms with Gasteiger partial charge in [0.25, 0.3) is 0 Å². The molecule has 0 aliphatic carbocycles. The first-order valence-electron chi connectivity index (χ1n) is 4.63. The molecule has 0 amide bonds. The lowest BCUT2D eigenvalue weighted by Crippen LogP contribution is -2.45. The Balaban J connectivity index is 1.99. The topological polar surface area (TPSA) is 33.1 Å². The zero-order chi connectivity index (χ0) is 9.10. The molecule has 1 aromatic rings. The molecule has 1 unspecified atom stereocenters. The van der Waals surface area contributed by atoms with Crippen LogP contribution in [0.15, 0.2) is 18.7 Å². The zero-order valence-electron chi connectivity index (χ0n) is 7.69. The van der Waals surface area contributed by atoms with E-state index in [1.807, 2.05) is 17.1 Å². The summed E-state index contributed by atoms with van der Waals surface area (Å²) in [6, 6.07) is 0. The first-order chi connectivity index (χ1) is 6.38. The van der Waals surface area contributed by atoms with Gasteiger partial charge in [0.1, 0.15) is 0 Å². The van der Waals surface area contributed by atoms with Gasteiger partial charge in [0.15, 0.2) is 0 Å². The van der Waals surface area contributed by atoms with Crippen LogP contribution in [-0.4, -0.2) is 40.6 Å². The third-order valence-corrected chi connectivity index (χ3v) is 2.44. The maximum absolute atomic E-state index is 4.13. The SMILES string of the molecule is [CH2]C(N1CCNCC1)n1ccnc1. The number of piperazine rings is 1. The van der Waals surface area contributed by atoms with Crippen molar-refractivity contribution in [3.8, 4) is 0 Å². The fraction of sp³-hybridized carbons (Fsp3) is 0.556. The van der Waals surface area contributed by atoms with Crippen LogP contribution in [0.2, 0.25) is 0 Å². The van der Waals surface area contributed by atoms with E-state index in [2.05, 4.69) is 22.1 Å². The van der Waals surface area contributed by atoms with E-state index in [-0.39, 0.29) is 6.17 Å². The van der Waals surface area contributed by atoms with Crippen LogP contribution in [0.1, 0.15) is 6.17 Å². The highest BCUT2D eigenvalue weighted by molar-refractivity contribution is 4.83. The van der Waals surface area contributed by atoms with E-state index < -0.39 is 0 Å². The van der Waals surface area contributed by atoms with Crippen molar-refractivity contribution in [3.63, 3.8) is 0 Å². The molecule has 1 aliphatic heterocycles. The van der Waals surface area contributed by atoms with E-state index in [9.17, 15) is 0 Å². The molecule has 71 valence electrons. The maximum Gasteiger partial charge on any atom is 0.0959 e. The lowest BCUT2D eigenvalue weighted by Gasteiger charge is -2.33. The Morgan fingerprint density at radius 2 is 2.15 bits per heavy atom. The highest BCUT2D eigenvalue weighted by atomic mass is 15.3. The normalized spacial score (nSPS) is 21.6. The summed E-state index contributed by atoms with van der Waals surface area (Å²) >= 11 is 0. The smallest absolute Gasteiger partial charge is 0.0959 e. The Kier molecular flexibility index (Phi) is 2.61. The number of hydrogen-bond donors (Lipinski definition) is 1. The molecular weight excluding hydrogens is 164 g/mol. The van der Waals surface area contributed by atoms with Crippen LogP contribution in [0, 0.1) is 6.92 Å². The Morgan fingerprint density at radius 1 is 1.38 bits per heavy atom. The molecule has 1 aliphatic rings. The monoisotopic (exact) mass is 179 g/mol. The van der Waals surface area contributed by atoms with Crippen LogP contribution < -0.4 is 5.32 Å². The molecule has 1 fully saturated rings. The van der Waals surface area contributed by atoms with Gasteiger partial charge in [-0.3, -0.25) is 4.90 Å². The van der Waals surface area contributed by atoms with Gasteiger partial charge in [0, 0.05) is 38.6 Å². The third-order valence-electron chi connectivity index (χ3n) is 2.44. The number of imidazole rings is 1. The van der Waals surface area contributed by atoms with Crippen LogP contribution >= 0.6 is 0 Å². The highest BCUT2D eigenvalue weighted by Crippen LogP contribution is 2.11. The minimum absolute atomic E-state index is 0.185. The zero-order valence-corrected chi connectivity index (χ0v) is 7.69. The molecule has 0 aromatic carbocycles. The summed E-state index contributed by atoms with van der Waals surface area (Å²) in [6.07, 6.45) is 5.75. The average molecular weight is 179 g/mol. The summed E-state index contributed by atoms with van der Waals surface area (Å²) < 4.78 is 2.03. The molecule has 2 rings (SSSR count). The number of rotatable bonds is 2. The van der Waals surface area contributed by atoms with Gasteiger partial charge in [-0.15, -0.1) is 0 Å². The van der Waals surface area contributed by atoms with Gasteiger partial charge in [-0.1, -0.05) is 0 Å². The molecule has 1 aromatic heterocycles. The van der Waals surface area contributed by atoms with Crippen LogP contribution in [0.4, 0.5) is 0 Å². The van der Waals surface area contributed by atoms with Crippen molar-refractivity contribution in [2.45, 2.75) is 6.17 Å². The van der Waals surface area contributed by atoms with Crippen molar-refractivity contribution in [2.75, 3.05) is 26.2 Å². The van der Waals surface area contributed by atoms with Gasteiger partial charge in [-0.25, -0.2) is 4.98 Å². The Bertz CT molecular complexity index is 238. The Hall–Kier alpha value is -0.870. The Labute approximate surface area is 78.6 Å². The minimum Gasteiger partial charge on any atom is -0.321 e. The predicted octanol–water partition coefficient (Wildman–Crippen LogP) is 0.121. The quantitative estimate of drug-likeness (QED) is 0.700. The van der Waals surface area contributed by atoms with Crippen molar-refractivity contribution in [2.24, 2.45) is 0 Å². The summed E-state index contributed by atoms with van der Waals surface area (Å²) in [6.45, 7) is 8.36. The second-order valence-electron chi connectivity index (χ2n) is 3.28. The van der Waals surface area contributed by atoms with Crippen LogP contribution in [0.5, 0.6) is 0 Å². The van der Waals surface area contributed by atoms with E-state index in [1.54, 1.807) is 6.20 Å². The molecule has 4 nitrogen and oxygen atoms in total. The van der Waals surface area contributed by atoms with Crippen molar-refractivity contribution >= 4 is 0 Å². The number of nitrogens with zero attached hydrogens (tertiary/aromatic N) is 3. The number of hydrogen-bond acceptors (Lipinski definition) is 3. The van der Waals surface area contributed by atoms with Crippen LogP contribution in [0.25, 0.3) is 0 Å². The van der Waals surface area contributed by atoms with E-state index in [1.165, 1.54) is 0 Å². The first kappa shape index (κ1) is 8.72. The molecule has 1 radical (unpaired) electrons. The second-order valence-corrected chi connectivity index (χ2v) is 3.28. The lowest BCUT2D eigenvalue weighted by atomic mass is 10.3. The van der Waals surface area contributed by atoms with Crippen molar-refractivity contribution in [3.05, 3.63) is 25.6 Å². The van der Waals surface area contributed by atoms with E-state index in [0.29, 0.717) is 0 Å². The van der Waals surface area contributed by atoms with Crippen molar-refractivity contribution in [1.82, 2.24) is 19.8 Å². The summed E-state index contributed by atoms with van der Waals surface area (Å²) in [5, 5.41) is 3.32. The molecule has 2 heterocycles. The number of nitrogens with one attached hydrogen (secondary N) is 1. The summed E-state index contributed by atoms with van der Waals surface area (Å²) in [5.41, 5.74) is 0. The van der Waals surface area contributed by atoms with Crippen LogP contribution in [-0.2, 0) is 0 Å². The summed E-state index contributed by atoms with van der Waals surface area (Å²) in [7, 11) is 0. The van der Waals surface area contributed by atoms with Crippen molar-refractivity contribution in [1.29, 1.82) is 0 Å². The van der Waals surface area contributed by atoms with Gasteiger partial charge in [-0.2, -0.15) is 0 Å². The van der Waals surface area contributed by atoms with E-state index >= 15 is 0 Å². The van der Waals surface area contributed by atoms with Gasteiger partial charge in [0.05, 0.1) is 12.5 Å². The molecule has 4 heteroatoms. The average Bonchev–Trinajstić information content (AvgIpc) is 2.71. The van der Waals surface area contributed by atoms with Gasteiger partial charge >= 0.3 is 0 Å². The minimum atomic E-state index is 0.185. The summed E-state index contributed by atoms with van der Waals surface area (Å²) in [4.78, 5) is 6.36. The van der Waals surface area contributed by atoms with Crippen LogP contribution in [0.3, 0.4) is 0 Å². The fourth-order valence-electron chi connectivity index (χ4n) is 1.61. The molecule has 1 saturated heterocycles. The first-order valence-corrected chi connectivity index (χ1v) is 4.63. The molecule has 0 spiro atoms. The molecule has 1 atom stereocenters. The van der Waals surface area contributed by atoms with E-state index in [4.69, 9.17) is 0 Å². The summed E-state index contributed by atoms with van der Waals surface area (Å²) in [5.74, 6) is 0. The molecular formula is C9H15N4. The van der Waals surface area contributed by atoms with Gasteiger partial charge < -0.3 is 9.88 Å². The highest BCUT2D eigenvalue weighted by Gasteiger charge is 2.16. The molecule has 1 N–H and O–H groups in total. The Morgan fingerprint density at radius 3 is 2.77 bits per heavy atom.